The summed E-state index contributed by atoms with van der Waals surface area (Å²) < 4.78 is 12.0. The molecule has 0 radical (unpaired) electrons. The van der Waals surface area contributed by atoms with Crippen molar-refractivity contribution < 1.29 is 19.1 Å². The molecule has 0 spiro atoms. The summed E-state index contributed by atoms with van der Waals surface area (Å²) in [6, 6.07) is 16.0. The van der Waals surface area contributed by atoms with Gasteiger partial charge in [-0.3, -0.25) is 9.59 Å². The number of amides is 2. The fraction of sp³-hybridized carbons (Fsp3) is 0.174. The molecule has 31 heavy (non-hydrogen) atoms. The normalized spacial score (nSPS) is 10.3. The van der Waals surface area contributed by atoms with E-state index in [0.29, 0.717) is 28.6 Å². The zero-order chi connectivity index (χ0) is 22.2. The summed E-state index contributed by atoms with van der Waals surface area (Å²) in [5.74, 6) is 1.09. The molecule has 2 amide bonds. The van der Waals surface area contributed by atoms with Gasteiger partial charge in [-0.15, -0.1) is 0 Å². The van der Waals surface area contributed by atoms with Crippen LogP contribution in [0.4, 0.5) is 5.69 Å². The molecule has 1 aromatic heterocycles. The van der Waals surface area contributed by atoms with Gasteiger partial charge in [0.2, 0.25) is 11.8 Å². The summed E-state index contributed by atoms with van der Waals surface area (Å²) in [4.78, 5) is 28.4. The number of ether oxygens (including phenoxy) is 2. The Labute approximate surface area is 188 Å². The molecule has 0 fully saturated rings. The monoisotopic (exact) mass is 483 g/mol. The molecule has 0 aliphatic rings. The SMILES string of the molecule is COc1cc(C)ccc1Oc1ccc(NC(=O)CCNC(=O)c2ccc(Br)cc2)cn1. The maximum atomic E-state index is 12.1. The van der Waals surface area contributed by atoms with Crippen molar-refractivity contribution in [3.63, 3.8) is 0 Å². The number of aromatic nitrogens is 1. The minimum Gasteiger partial charge on any atom is -0.493 e. The molecule has 3 rings (SSSR count). The van der Waals surface area contributed by atoms with Crippen molar-refractivity contribution in [2.75, 3.05) is 19.0 Å². The first-order valence-electron chi connectivity index (χ1n) is 9.57. The summed E-state index contributed by atoms with van der Waals surface area (Å²) in [5, 5.41) is 5.47. The van der Waals surface area contributed by atoms with E-state index in [4.69, 9.17) is 9.47 Å². The van der Waals surface area contributed by atoms with Crippen molar-refractivity contribution in [3.8, 4) is 17.4 Å². The number of anilines is 1. The van der Waals surface area contributed by atoms with Gasteiger partial charge in [0.05, 0.1) is 19.0 Å². The molecule has 2 aromatic carbocycles. The molecular formula is C23H22BrN3O4. The molecule has 3 aromatic rings. The number of methoxy groups -OCH3 is 1. The minimum absolute atomic E-state index is 0.140. The van der Waals surface area contributed by atoms with Crippen LogP contribution in [0, 0.1) is 6.92 Å². The lowest BCUT2D eigenvalue weighted by Crippen LogP contribution is -2.27. The lowest BCUT2D eigenvalue weighted by Gasteiger charge is -2.11. The summed E-state index contributed by atoms with van der Waals surface area (Å²) in [6.45, 7) is 2.19. The molecule has 160 valence electrons. The van der Waals surface area contributed by atoms with E-state index in [1.807, 2.05) is 25.1 Å². The number of hydrogen-bond donors (Lipinski definition) is 2. The van der Waals surface area contributed by atoms with Gasteiger partial charge in [0.25, 0.3) is 5.91 Å². The second-order valence-corrected chi connectivity index (χ2v) is 7.62. The Hall–Kier alpha value is -3.39. The number of aryl methyl sites for hydroxylation is 1. The molecule has 8 heteroatoms. The smallest absolute Gasteiger partial charge is 0.251 e. The van der Waals surface area contributed by atoms with Crippen LogP contribution in [0.2, 0.25) is 0 Å². The third kappa shape index (κ3) is 6.55. The van der Waals surface area contributed by atoms with E-state index >= 15 is 0 Å². The van der Waals surface area contributed by atoms with E-state index < -0.39 is 0 Å². The number of carbonyl (C=O) groups excluding carboxylic acids is 2. The van der Waals surface area contributed by atoms with Crippen LogP contribution in [0.25, 0.3) is 0 Å². The molecule has 1 heterocycles. The van der Waals surface area contributed by atoms with Crippen molar-refractivity contribution in [3.05, 3.63) is 76.4 Å². The fourth-order valence-electron chi connectivity index (χ4n) is 2.70. The standard InChI is InChI=1S/C23H22BrN3O4/c1-15-3-9-19(20(13-15)30-2)31-22-10-8-18(14-26-22)27-21(28)11-12-25-23(29)16-4-6-17(24)7-5-16/h3-10,13-14H,11-12H2,1-2H3,(H,25,29)(H,27,28). The molecule has 0 unspecified atom stereocenters. The molecule has 0 atom stereocenters. The first kappa shape index (κ1) is 22.3. The molecule has 7 nitrogen and oxygen atoms in total. The number of benzene rings is 2. The van der Waals surface area contributed by atoms with Crippen molar-refractivity contribution in [2.24, 2.45) is 0 Å². The number of nitrogens with zero attached hydrogens (tertiary/aromatic N) is 1. The minimum atomic E-state index is -0.230. The highest BCUT2D eigenvalue weighted by molar-refractivity contribution is 9.10. The quantitative estimate of drug-likeness (QED) is 0.484. The third-order valence-corrected chi connectivity index (χ3v) is 4.83. The van der Waals surface area contributed by atoms with E-state index in [2.05, 4.69) is 31.5 Å². The second-order valence-electron chi connectivity index (χ2n) is 6.70. The molecule has 0 saturated carbocycles. The van der Waals surface area contributed by atoms with Gasteiger partial charge >= 0.3 is 0 Å². The van der Waals surface area contributed by atoms with Crippen molar-refractivity contribution in [1.29, 1.82) is 0 Å². The van der Waals surface area contributed by atoms with Gasteiger partial charge in [-0.25, -0.2) is 4.98 Å². The molecule has 0 aliphatic heterocycles. The van der Waals surface area contributed by atoms with Crippen LogP contribution in [0.1, 0.15) is 22.3 Å². The van der Waals surface area contributed by atoms with Crippen LogP contribution in [-0.4, -0.2) is 30.5 Å². The van der Waals surface area contributed by atoms with Gasteiger partial charge < -0.3 is 20.1 Å². The number of carbonyl (C=O) groups is 2. The lowest BCUT2D eigenvalue weighted by atomic mass is 10.2. The maximum absolute atomic E-state index is 12.1. The summed E-state index contributed by atoms with van der Waals surface area (Å²) >= 11 is 3.32. The summed E-state index contributed by atoms with van der Waals surface area (Å²) in [7, 11) is 1.58. The van der Waals surface area contributed by atoms with E-state index in [-0.39, 0.29) is 24.8 Å². The predicted molar refractivity (Wildman–Crippen MR) is 122 cm³/mol. The van der Waals surface area contributed by atoms with Crippen LogP contribution in [0.5, 0.6) is 17.4 Å². The van der Waals surface area contributed by atoms with Crippen LogP contribution in [0.3, 0.4) is 0 Å². The predicted octanol–water partition coefficient (Wildman–Crippen LogP) is 4.71. The number of nitrogens with one attached hydrogen (secondary N) is 2. The first-order valence-corrected chi connectivity index (χ1v) is 10.4. The Morgan fingerprint density at radius 2 is 1.81 bits per heavy atom. The number of hydrogen-bond acceptors (Lipinski definition) is 5. The maximum Gasteiger partial charge on any atom is 0.251 e. The number of halogens is 1. The average molecular weight is 484 g/mol. The molecule has 0 saturated heterocycles. The van der Waals surface area contributed by atoms with E-state index in [0.717, 1.165) is 10.0 Å². The molecule has 2 N–H and O–H groups in total. The van der Waals surface area contributed by atoms with Gasteiger partial charge in [-0.05, 0) is 55.0 Å². The zero-order valence-corrected chi connectivity index (χ0v) is 18.7. The van der Waals surface area contributed by atoms with Crippen molar-refractivity contribution in [1.82, 2.24) is 10.3 Å². The summed E-state index contributed by atoms with van der Waals surface area (Å²) in [6.07, 6.45) is 1.65. The first-order chi connectivity index (χ1) is 14.9. The van der Waals surface area contributed by atoms with Crippen LogP contribution in [0.15, 0.2) is 65.3 Å². The molecular weight excluding hydrogens is 462 g/mol. The van der Waals surface area contributed by atoms with Gasteiger partial charge in [0.15, 0.2) is 11.5 Å². The lowest BCUT2D eigenvalue weighted by molar-refractivity contribution is -0.116. The van der Waals surface area contributed by atoms with E-state index in [1.165, 1.54) is 6.20 Å². The average Bonchev–Trinajstić information content (AvgIpc) is 2.76. The van der Waals surface area contributed by atoms with Crippen molar-refractivity contribution in [2.45, 2.75) is 13.3 Å². The van der Waals surface area contributed by atoms with Crippen molar-refractivity contribution >= 4 is 33.4 Å². The number of pyridine rings is 1. The highest BCUT2D eigenvalue weighted by Crippen LogP contribution is 2.31. The van der Waals surface area contributed by atoms with E-state index in [1.54, 1.807) is 43.5 Å². The van der Waals surface area contributed by atoms with Crippen LogP contribution in [-0.2, 0) is 4.79 Å². The van der Waals surface area contributed by atoms with Gasteiger partial charge in [-0.1, -0.05) is 22.0 Å². The second kappa shape index (κ2) is 10.6. The van der Waals surface area contributed by atoms with Crippen LogP contribution >= 0.6 is 15.9 Å². The molecule has 0 aliphatic carbocycles. The largest absolute Gasteiger partial charge is 0.493 e. The van der Waals surface area contributed by atoms with E-state index in [9.17, 15) is 9.59 Å². The zero-order valence-electron chi connectivity index (χ0n) is 17.1. The highest BCUT2D eigenvalue weighted by Gasteiger charge is 2.09. The number of rotatable bonds is 8. The Balaban J connectivity index is 1.47. The van der Waals surface area contributed by atoms with Crippen LogP contribution < -0.4 is 20.1 Å². The van der Waals surface area contributed by atoms with Gasteiger partial charge in [-0.2, -0.15) is 0 Å². The third-order valence-electron chi connectivity index (χ3n) is 4.30. The summed E-state index contributed by atoms with van der Waals surface area (Å²) in [5.41, 5.74) is 2.13. The Morgan fingerprint density at radius 3 is 2.48 bits per heavy atom. The Bertz CT molecular complexity index is 1050. The van der Waals surface area contributed by atoms with Gasteiger partial charge in [0.1, 0.15) is 0 Å². The molecule has 0 bridgehead atoms. The topological polar surface area (TPSA) is 89.5 Å². The van der Waals surface area contributed by atoms with Gasteiger partial charge in [0, 0.05) is 29.1 Å². The highest BCUT2D eigenvalue weighted by atomic mass is 79.9. The fourth-order valence-corrected chi connectivity index (χ4v) is 2.97. The Kier molecular flexibility index (Phi) is 7.61. The Morgan fingerprint density at radius 1 is 1.03 bits per heavy atom.